The lowest BCUT2D eigenvalue weighted by Gasteiger charge is -2.14. The largest absolute Gasteiger partial charge is 0.478 e. The summed E-state index contributed by atoms with van der Waals surface area (Å²) in [6.07, 6.45) is 0. The van der Waals surface area contributed by atoms with Gasteiger partial charge >= 0.3 is 17.9 Å². The summed E-state index contributed by atoms with van der Waals surface area (Å²) in [5, 5.41) is 19.9. The lowest BCUT2D eigenvalue weighted by Crippen LogP contribution is -2.20. The van der Waals surface area contributed by atoms with Gasteiger partial charge in [0.05, 0.1) is 5.60 Å². The molecule has 128 valence electrons. The van der Waals surface area contributed by atoms with Gasteiger partial charge in [-0.1, -0.05) is 13.2 Å². The summed E-state index contributed by atoms with van der Waals surface area (Å²) in [7, 11) is 0. The molecular weight excluding hydrogens is 296 g/mol. The highest BCUT2D eigenvalue weighted by Crippen LogP contribution is 2.06. The van der Waals surface area contributed by atoms with Gasteiger partial charge in [0, 0.05) is 18.1 Å². The third kappa shape index (κ3) is 30.7. The van der Waals surface area contributed by atoms with Gasteiger partial charge in [-0.25, -0.2) is 14.4 Å². The first kappa shape index (κ1) is 24.8. The summed E-state index contributed by atoms with van der Waals surface area (Å²) in [4.78, 5) is 38.0. The molecule has 0 aliphatic carbocycles. The number of hydrogen-bond acceptors (Lipinski definition) is 6. The summed E-state index contributed by atoms with van der Waals surface area (Å²) in [5.74, 6) is -2.41. The first-order chi connectivity index (χ1) is 9.70. The number of carbonyl (C=O) groups excluding carboxylic acids is 1. The lowest BCUT2D eigenvalue weighted by molar-refractivity contribution is -0.514. The molecule has 0 spiro atoms. The predicted molar refractivity (Wildman–Crippen MR) is 78.6 cm³/mol. The van der Waals surface area contributed by atoms with Crippen LogP contribution in [-0.4, -0.2) is 33.7 Å². The number of aliphatic carboxylic acids is 2. The molecule has 0 heterocycles. The van der Waals surface area contributed by atoms with E-state index in [0.29, 0.717) is 0 Å². The lowest BCUT2D eigenvalue weighted by atomic mass is 10.2. The minimum Gasteiger partial charge on any atom is -0.478 e. The SMILES string of the molecule is C=C(C)C(=O)O.C=C(C)C(=O)O.CC(=O)OOOC(C)(C)C. The maximum absolute atomic E-state index is 10.1. The Hall–Kier alpha value is -2.19. The van der Waals surface area contributed by atoms with Crippen LogP contribution in [0, 0.1) is 0 Å². The molecule has 0 bridgehead atoms. The van der Waals surface area contributed by atoms with E-state index in [-0.39, 0.29) is 11.1 Å². The van der Waals surface area contributed by atoms with Crippen molar-refractivity contribution in [2.75, 3.05) is 0 Å². The zero-order valence-corrected chi connectivity index (χ0v) is 13.8. The molecule has 0 rings (SSSR count). The molecular formula is C14H24O8. The van der Waals surface area contributed by atoms with Crippen molar-refractivity contribution in [3.63, 3.8) is 0 Å². The maximum atomic E-state index is 10.1. The van der Waals surface area contributed by atoms with Gasteiger partial charge in [0.2, 0.25) is 0 Å². The van der Waals surface area contributed by atoms with Gasteiger partial charge in [0.25, 0.3) is 0 Å². The Morgan fingerprint density at radius 2 is 1.14 bits per heavy atom. The molecule has 0 aromatic heterocycles. The number of rotatable bonds is 4. The van der Waals surface area contributed by atoms with Gasteiger partial charge in [-0.15, -0.1) is 0 Å². The van der Waals surface area contributed by atoms with E-state index in [9.17, 15) is 14.4 Å². The van der Waals surface area contributed by atoms with E-state index >= 15 is 0 Å². The van der Waals surface area contributed by atoms with Crippen molar-refractivity contribution in [2.45, 2.75) is 47.1 Å². The molecule has 8 heteroatoms. The average Bonchev–Trinajstić information content (AvgIpc) is 2.27. The molecule has 0 aliphatic rings. The van der Waals surface area contributed by atoms with Crippen molar-refractivity contribution >= 4 is 17.9 Å². The number of carboxylic acid groups (broad SMARTS) is 2. The monoisotopic (exact) mass is 320 g/mol. The maximum Gasteiger partial charge on any atom is 0.342 e. The fourth-order valence-corrected chi connectivity index (χ4v) is 0.167. The van der Waals surface area contributed by atoms with Gasteiger partial charge in [0.1, 0.15) is 0 Å². The molecule has 0 aromatic rings. The number of hydrogen-bond donors (Lipinski definition) is 2. The van der Waals surface area contributed by atoms with Crippen LogP contribution in [0.25, 0.3) is 0 Å². The minimum absolute atomic E-state index is 0.176. The van der Waals surface area contributed by atoms with Crippen LogP contribution < -0.4 is 0 Å². The molecule has 0 saturated carbocycles. The summed E-state index contributed by atoms with van der Waals surface area (Å²) in [6.45, 7) is 15.8. The third-order valence-electron chi connectivity index (χ3n) is 1.17. The third-order valence-corrected chi connectivity index (χ3v) is 1.17. The molecule has 0 radical (unpaired) electrons. The molecule has 0 aliphatic heterocycles. The highest BCUT2D eigenvalue weighted by molar-refractivity contribution is 5.85. The van der Waals surface area contributed by atoms with E-state index in [1.165, 1.54) is 20.8 Å². The zero-order chi connectivity index (χ0) is 18.5. The van der Waals surface area contributed by atoms with Crippen molar-refractivity contribution in [1.29, 1.82) is 0 Å². The Labute approximate surface area is 129 Å². The summed E-state index contributed by atoms with van der Waals surface area (Å²) < 4.78 is 0. The molecule has 22 heavy (non-hydrogen) atoms. The molecule has 0 fully saturated rings. The zero-order valence-electron chi connectivity index (χ0n) is 13.8. The van der Waals surface area contributed by atoms with E-state index in [0.717, 1.165) is 0 Å². The topological polar surface area (TPSA) is 119 Å². The van der Waals surface area contributed by atoms with Crippen molar-refractivity contribution in [3.8, 4) is 0 Å². The van der Waals surface area contributed by atoms with Crippen molar-refractivity contribution in [1.82, 2.24) is 0 Å². The molecule has 0 amide bonds. The minimum atomic E-state index is -0.935. The normalized spacial score (nSPS) is 9.18. The van der Waals surface area contributed by atoms with Gasteiger partial charge in [0.15, 0.2) is 0 Å². The second kappa shape index (κ2) is 12.5. The van der Waals surface area contributed by atoms with Crippen molar-refractivity contribution in [3.05, 3.63) is 24.3 Å². The average molecular weight is 320 g/mol. The smallest absolute Gasteiger partial charge is 0.342 e. The van der Waals surface area contributed by atoms with Crippen LogP contribution >= 0.6 is 0 Å². The fourth-order valence-electron chi connectivity index (χ4n) is 0.167. The quantitative estimate of drug-likeness (QED) is 0.460. The Morgan fingerprint density at radius 3 is 1.27 bits per heavy atom. The van der Waals surface area contributed by atoms with Crippen molar-refractivity contribution < 1.29 is 39.4 Å². The summed E-state index contributed by atoms with van der Waals surface area (Å²) >= 11 is 0. The first-order valence-corrected chi connectivity index (χ1v) is 6.01. The van der Waals surface area contributed by atoms with E-state index < -0.39 is 23.5 Å². The number of carbonyl (C=O) groups is 3. The summed E-state index contributed by atoms with van der Waals surface area (Å²) in [6, 6.07) is 0. The standard InChI is InChI=1S/C6H12O4.2C4H6O2/c1-5(7)8-10-9-6(2,3)4;2*1-3(2)4(5)6/h1-4H3;2*1H2,2H3,(H,5,6). The molecule has 8 nitrogen and oxygen atoms in total. The highest BCUT2D eigenvalue weighted by atomic mass is 17.5. The predicted octanol–water partition coefficient (Wildman–Crippen LogP) is 2.51. The Balaban J connectivity index is -0.000000261. The number of carboxylic acids is 2. The molecule has 0 aromatic carbocycles. The fraction of sp³-hybridized carbons (Fsp3) is 0.500. The van der Waals surface area contributed by atoms with Crippen LogP contribution in [0.2, 0.25) is 0 Å². The van der Waals surface area contributed by atoms with Crippen LogP contribution in [0.3, 0.4) is 0 Å². The van der Waals surface area contributed by atoms with Gasteiger partial charge in [-0.3, -0.25) is 4.89 Å². The second-order valence-corrected chi connectivity index (χ2v) is 5.01. The Morgan fingerprint density at radius 1 is 0.864 bits per heavy atom. The molecule has 0 atom stereocenters. The van der Waals surface area contributed by atoms with Gasteiger partial charge in [-0.05, 0) is 39.7 Å². The Kier molecular flexibility index (Phi) is 14.1. The van der Waals surface area contributed by atoms with Crippen LogP contribution in [-0.2, 0) is 29.2 Å². The summed E-state index contributed by atoms with van der Waals surface area (Å²) in [5.41, 5.74) is -0.111. The van der Waals surface area contributed by atoms with Crippen LogP contribution in [0.4, 0.5) is 0 Å². The van der Waals surface area contributed by atoms with E-state index in [1.807, 2.05) is 0 Å². The Bertz CT molecular complexity index is 356. The van der Waals surface area contributed by atoms with Crippen molar-refractivity contribution in [2.24, 2.45) is 0 Å². The molecule has 0 saturated heterocycles. The second-order valence-electron chi connectivity index (χ2n) is 5.01. The van der Waals surface area contributed by atoms with E-state index in [2.05, 4.69) is 28.0 Å². The van der Waals surface area contributed by atoms with E-state index in [1.54, 1.807) is 20.8 Å². The van der Waals surface area contributed by atoms with Gasteiger partial charge in [-0.2, -0.15) is 4.89 Å². The molecule has 0 unspecified atom stereocenters. The van der Waals surface area contributed by atoms with Crippen LogP contribution in [0.5, 0.6) is 0 Å². The van der Waals surface area contributed by atoms with E-state index in [4.69, 9.17) is 10.2 Å². The van der Waals surface area contributed by atoms with Crippen LogP contribution in [0.1, 0.15) is 41.5 Å². The van der Waals surface area contributed by atoms with Crippen LogP contribution in [0.15, 0.2) is 24.3 Å². The molecule has 2 N–H and O–H groups in total. The highest BCUT2D eigenvalue weighted by Gasteiger charge is 2.12. The van der Waals surface area contributed by atoms with Gasteiger partial charge < -0.3 is 10.2 Å². The first-order valence-electron chi connectivity index (χ1n) is 6.01.